The predicted molar refractivity (Wildman–Crippen MR) is 53.2 cm³/mol. The lowest BCUT2D eigenvalue weighted by molar-refractivity contribution is 0.466. The van der Waals surface area contributed by atoms with E-state index in [1.54, 1.807) is 12.1 Å². The Morgan fingerprint density at radius 3 is 2.77 bits per heavy atom. The molecule has 1 heterocycles. The molecule has 2 N–H and O–H groups in total. The second-order valence-electron chi connectivity index (χ2n) is 2.62. The SMILES string of the molecule is O[B]c1cc2cc(Br)cc(O)c2o1. The monoisotopic (exact) mass is 239 g/mol. The zero-order valence-electron chi connectivity index (χ0n) is 6.49. The molecule has 0 atom stereocenters. The van der Waals surface area contributed by atoms with Crippen molar-refractivity contribution in [2.75, 3.05) is 0 Å². The van der Waals surface area contributed by atoms with Gasteiger partial charge in [-0.3, -0.25) is 0 Å². The number of halogens is 1. The average molecular weight is 240 g/mol. The van der Waals surface area contributed by atoms with Gasteiger partial charge >= 0.3 is 7.48 Å². The molecule has 1 aromatic heterocycles. The van der Waals surface area contributed by atoms with Crippen LogP contribution in [0.1, 0.15) is 0 Å². The molecule has 0 amide bonds. The van der Waals surface area contributed by atoms with Gasteiger partial charge in [0, 0.05) is 9.86 Å². The molecule has 0 aliphatic heterocycles. The number of aromatic hydroxyl groups is 1. The average Bonchev–Trinajstić information content (AvgIpc) is 2.47. The van der Waals surface area contributed by atoms with Crippen molar-refractivity contribution in [3.8, 4) is 5.75 Å². The van der Waals surface area contributed by atoms with Crippen LogP contribution in [-0.4, -0.2) is 17.6 Å². The fourth-order valence-corrected chi connectivity index (χ4v) is 1.65. The largest absolute Gasteiger partial charge is 0.504 e. The first-order valence-electron chi connectivity index (χ1n) is 3.60. The molecule has 0 aliphatic rings. The van der Waals surface area contributed by atoms with Gasteiger partial charge in [0.2, 0.25) is 0 Å². The van der Waals surface area contributed by atoms with Crippen LogP contribution in [-0.2, 0) is 0 Å². The van der Waals surface area contributed by atoms with Crippen LogP contribution in [0.15, 0.2) is 27.1 Å². The number of fused-ring (bicyclic) bond motifs is 1. The molecule has 2 rings (SSSR count). The standard InChI is InChI=1S/C8H5BBrO3/c10-5-1-4-2-7(9-12)13-8(4)6(11)3-5/h1-3,11-12H. The zero-order chi connectivity index (χ0) is 9.42. The van der Waals surface area contributed by atoms with Crippen molar-refractivity contribution in [3.63, 3.8) is 0 Å². The fourth-order valence-electron chi connectivity index (χ4n) is 1.18. The number of hydrogen-bond donors (Lipinski definition) is 2. The third-order valence-corrected chi connectivity index (χ3v) is 2.17. The van der Waals surface area contributed by atoms with Crippen molar-refractivity contribution >= 4 is 40.0 Å². The highest BCUT2D eigenvalue weighted by molar-refractivity contribution is 9.10. The second kappa shape index (κ2) is 3.08. The van der Waals surface area contributed by atoms with Crippen LogP contribution in [0.2, 0.25) is 0 Å². The van der Waals surface area contributed by atoms with Crippen molar-refractivity contribution < 1.29 is 14.5 Å². The van der Waals surface area contributed by atoms with Crippen molar-refractivity contribution in [1.29, 1.82) is 0 Å². The first-order valence-corrected chi connectivity index (χ1v) is 4.39. The van der Waals surface area contributed by atoms with Gasteiger partial charge in [0.05, 0.1) is 5.66 Å². The van der Waals surface area contributed by atoms with E-state index < -0.39 is 0 Å². The Bertz CT molecular complexity index is 452. The van der Waals surface area contributed by atoms with Gasteiger partial charge in [-0.25, -0.2) is 0 Å². The summed E-state index contributed by atoms with van der Waals surface area (Å²) in [5.41, 5.74) is 0.701. The molecule has 0 saturated carbocycles. The summed E-state index contributed by atoms with van der Waals surface area (Å²) in [6.45, 7) is 0. The minimum atomic E-state index is 0.0532. The van der Waals surface area contributed by atoms with E-state index in [1.807, 2.05) is 0 Å². The minimum absolute atomic E-state index is 0.0532. The van der Waals surface area contributed by atoms with E-state index in [4.69, 9.17) is 9.44 Å². The van der Waals surface area contributed by atoms with Crippen LogP contribution in [0.25, 0.3) is 11.0 Å². The van der Waals surface area contributed by atoms with Gasteiger partial charge in [-0.05, 0) is 18.2 Å². The highest BCUT2D eigenvalue weighted by Crippen LogP contribution is 2.28. The van der Waals surface area contributed by atoms with E-state index in [0.29, 0.717) is 11.2 Å². The van der Waals surface area contributed by atoms with E-state index in [0.717, 1.165) is 17.3 Å². The Morgan fingerprint density at radius 1 is 1.31 bits per heavy atom. The summed E-state index contributed by atoms with van der Waals surface area (Å²) in [4.78, 5) is 0. The quantitative estimate of drug-likeness (QED) is 0.734. The van der Waals surface area contributed by atoms with Crippen molar-refractivity contribution in [3.05, 3.63) is 22.7 Å². The highest BCUT2D eigenvalue weighted by Gasteiger charge is 2.08. The van der Waals surface area contributed by atoms with Crippen LogP contribution < -0.4 is 5.66 Å². The molecule has 1 aromatic carbocycles. The molecule has 65 valence electrons. The topological polar surface area (TPSA) is 53.6 Å². The molecule has 0 spiro atoms. The van der Waals surface area contributed by atoms with Crippen LogP contribution in [0, 0.1) is 0 Å². The first kappa shape index (κ1) is 8.65. The summed E-state index contributed by atoms with van der Waals surface area (Å²) in [6, 6.07) is 4.97. The summed E-state index contributed by atoms with van der Waals surface area (Å²) < 4.78 is 5.89. The van der Waals surface area contributed by atoms with Crippen molar-refractivity contribution in [1.82, 2.24) is 0 Å². The molecule has 0 fully saturated rings. The van der Waals surface area contributed by atoms with Gasteiger partial charge in [0.1, 0.15) is 0 Å². The van der Waals surface area contributed by atoms with E-state index in [-0.39, 0.29) is 5.75 Å². The maximum absolute atomic E-state index is 9.44. The van der Waals surface area contributed by atoms with Crippen LogP contribution in [0.3, 0.4) is 0 Å². The normalized spacial score (nSPS) is 10.6. The van der Waals surface area contributed by atoms with E-state index in [2.05, 4.69) is 15.9 Å². The van der Waals surface area contributed by atoms with E-state index >= 15 is 0 Å². The first-order chi connectivity index (χ1) is 6.20. The Balaban J connectivity index is 2.75. The third kappa shape index (κ3) is 1.45. The third-order valence-electron chi connectivity index (χ3n) is 1.71. The lowest BCUT2D eigenvalue weighted by Gasteiger charge is -1.94. The number of rotatable bonds is 1. The van der Waals surface area contributed by atoms with E-state index in [1.165, 1.54) is 6.07 Å². The molecule has 13 heavy (non-hydrogen) atoms. The molecule has 5 heteroatoms. The molecule has 0 saturated heterocycles. The van der Waals surface area contributed by atoms with Crippen LogP contribution >= 0.6 is 15.9 Å². The lowest BCUT2D eigenvalue weighted by atomic mass is 9.98. The molecule has 2 aromatic rings. The smallest absolute Gasteiger partial charge is 0.373 e. The van der Waals surface area contributed by atoms with Gasteiger partial charge < -0.3 is 14.5 Å². The summed E-state index contributed by atoms with van der Waals surface area (Å²) >= 11 is 3.24. The Morgan fingerprint density at radius 2 is 2.08 bits per heavy atom. The van der Waals surface area contributed by atoms with E-state index in [9.17, 15) is 5.11 Å². The van der Waals surface area contributed by atoms with Gasteiger partial charge in [0.25, 0.3) is 0 Å². The second-order valence-corrected chi connectivity index (χ2v) is 3.54. The van der Waals surface area contributed by atoms with Crippen LogP contribution in [0.5, 0.6) is 5.75 Å². The van der Waals surface area contributed by atoms with Crippen LogP contribution in [0.4, 0.5) is 0 Å². The number of furan rings is 1. The lowest BCUT2D eigenvalue weighted by Crippen LogP contribution is -2.08. The molecule has 0 unspecified atom stereocenters. The molecule has 1 radical (unpaired) electrons. The Kier molecular flexibility index (Phi) is 2.05. The Labute approximate surface area is 83.4 Å². The number of benzene rings is 1. The summed E-state index contributed by atoms with van der Waals surface area (Å²) in [5, 5.41) is 18.9. The molecule has 0 aliphatic carbocycles. The number of phenolic OH excluding ortho intramolecular Hbond substituents is 1. The summed E-state index contributed by atoms with van der Waals surface area (Å²) in [5.74, 6) is 0.0532. The van der Waals surface area contributed by atoms with Crippen molar-refractivity contribution in [2.24, 2.45) is 0 Å². The summed E-state index contributed by atoms with van der Waals surface area (Å²) in [7, 11) is 0.855. The van der Waals surface area contributed by atoms with Gasteiger partial charge in [0.15, 0.2) is 11.3 Å². The fraction of sp³-hybridized carbons (Fsp3) is 0. The molecule has 3 nitrogen and oxygen atoms in total. The Hall–Kier alpha value is -0.935. The maximum atomic E-state index is 9.44. The summed E-state index contributed by atoms with van der Waals surface area (Å²) in [6.07, 6.45) is 0. The minimum Gasteiger partial charge on any atom is -0.504 e. The van der Waals surface area contributed by atoms with Crippen molar-refractivity contribution in [2.45, 2.75) is 0 Å². The molecule has 0 bridgehead atoms. The van der Waals surface area contributed by atoms with Gasteiger partial charge in [-0.15, -0.1) is 0 Å². The highest BCUT2D eigenvalue weighted by atomic mass is 79.9. The zero-order valence-corrected chi connectivity index (χ0v) is 8.08. The molecular formula is C8H5BBrO3. The van der Waals surface area contributed by atoms with Gasteiger partial charge in [-0.2, -0.15) is 0 Å². The van der Waals surface area contributed by atoms with Gasteiger partial charge in [-0.1, -0.05) is 15.9 Å². The molecular weight excluding hydrogens is 235 g/mol. The maximum Gasteiger partial charge on any atom is 0.373 e. The number of phenols is 1. The number of hydrogen-bond acceptors (Lipinski definition) is 3. The predicted octanol–water partition coefficient (Wildman–Crippen LogP) is 1.14.